The molecular weight excluding hydrogens is 466 g/mol. The van der Waals surface area contributed by atoms with E-state index in [9.17, 15) is 31.4 Å². The van der Waals surface area contributed by atoms with Gasteiger partial charge in [-0.3, -0.25) is 4.98 Å². The summed E-state index contributed by atoms with van der Waals surface area (Å²) in [7, 11) is 0. The van der Waals surface area contributed by atoms with Gasteiger partial charge < -0.3 is 15.2 Å². The first-order valence-corrected chi connectivity index (χ1v) is 9.69. The van der Waals surface area contributed by atoms with E-state index >= 15 is 0 Å². The zero-order valence-electron chi connectivity index (χ0n) is 16.8. The van der Waals surface area contributed by atoms with Gasteiger partial charge in [-0.15, -0.1) is 0 Å². The zero-order chi connectivity index (χ0) is 24.3. The first-order valence-electron chi connectivity index (χ1n) is 9.69. The van der Waals surface area contributed by atoms with Gasteiger partial charge in [-0.1, -0.05) is 0 Å². The molecule has 1 aliphatic heterocycles. The molecule has 5 rings (SSSR count). The maximum absolute atomic E-state index is 13.4. The molecule has 0 unspecified atom stereocenters. The Morgan fingerprint density at radius 1 is 0.941 bits per heavy atom. The Kier molecular flexibility index (Phi) is 4.86. The summed E-state index contributed by atoms with van der Waals surface area (Å²) >= 11 is 0. The molecule has 6 nitrogen and oxygen atoms in total. The van der Waals surface area contributed by atoms with Gasteiger partial charge in [0.1, 0.15) is 11.4 Å². The number of nitrogens with one attached hydrogen (secondary N) is 1. The number of hydrogen-bond donors (Lipinski definition) is 2. The van der Waals surface area contributed by atoms with Crippen LogP contribution in [0.5, 0.6) is 11.5 Å². The molecule has 2 N–H and O–H groups in total. The summed E-state index contributed by atoms with van der Waals surface area (Å²) in [6.07, 6.45) is -8.03. The van der Waals surface area contributed by atoms with E-state index < -0.39 is 35.8 Å². The number of aliphatic hydroxyl groups excluding tert-OH is 1. The van der Waals surface area contributed by atoms with E-state index in [1.165, 1.54) is 24.4 Å². The number of hydrogen-bond acceptors (Lipinski definition) is 6. The minimum atomic E-state index is -4.66. The molecule has 0 fully saturated rings. The van der Waals surface area contributed by atoms with Crippen LogP contribution in [0.1, 0.15) is 16.8 Å². The van der Waals surface area contributed by atoms with Crippen LogP contribution in [0, 0.1) is 0 Å². The second kappa shape index (κ2) is 7.55. The summed E-state index contributed by atoms with van der Waals surface area (Å²) in [6.45, 7) is -0.655. The van der Waals surface area contributed by atoms with Crippen molar-refractivity contribution in [2.75, 3.05) is 5.32 Å². The number of benzene rings is 1. The van der Waals surface area contributed by atoms with Gasteiger partial charge in [-0.05, 0) is 42.5 Å². The lowest BCUT2D eigenvalue weighted by atomic mass is 10.1. The smallest absolute Gasteiger partial charge is 0.418 e. The Bertz CT molecular complexity index is 1440. The molecule has 4 heterocycles. The minimum absolute atomic E-state index is 0.00876. The average Bonchev–Trinajstić information content (AvgIpc) is 2.80. The molecule has 0 saturated heterocycles. The van der Waals surface area contributed by atoms with Gasteiger partial charge in [0.25, 0.3) is 0 Å². The Morgan fingerprint density at radius 2 is 1.74 bits per heavy atom. The fourth-order valence-corrected chi connectivity index (χ4v) is 3.62. The van der Waals surface area contributed by atoms with E-state index in [1.54, 1.807) is 0 Å². The van der Waals surface area contributed by atoms with Crippen LogP contribution in [0.2, 0.25) is 0 Å². The van der Waals surface area contributed by atoms with E-state index in [0.29, 0.717) is 5.39 Å². The Morgan fingerprint density at radius 3 is 2.44 bits per heavy atom. The normalized spacial score (nSPS) is 13.1. The molecule has 34 heavy (non-hydrogen) atoms. The maximum atomic E-state index is 13.4. The quantitative estimate of drug-likeness (QED) is 0.300. The minimum Gasteiger partial charge on any atom is -0.451 e. The highest BCUT2D eigenvalue weighted by molar-refractivity contribution is 5.98. The summed E-state index contributed by atoms with van der Waals surface area (Å²) in [6, 6.07) is 7.71. The molecule has 0 radical (unpaired) electrons. The molecule has 0 amide bonds. The zero-order valence-corrected chi connectivity index (χ0v) is 16.8. The predicted octanol–water partition coefficient (Wildman–Crippen LogP) is 6.07. The molecule has 1 aromatic carbocycles. The first-order chi connectivity index (χ1) is 16.1. The molecule has 4 aromatic rings. The number of anilines is 2. The van der Waals surface area contributed by atoms with Crippen molar-refractivity contribution in [3.05, 3.63) is 65.5 Å². The van der Waals surface area contributed by atoms with E-state index in [-0.39, 0.29) is 39.9 Å². The van der Waals surface area contributed by atoms with Crippen molar-refractivity contribution in [3.63, 3.8) is 0 Å². The van der Waals surface area contributed by atoms with E-state index in [1.807, 2.05) is 0 Å². The van der Waals surface area contributed by atoms with Gasteiger partial charge >= 0.3 is 12.4 Å². The first kappa shape index (κ1) is 21.9. The second-order valence-electron chi connectivity index (χ2n) is 7.32. The van der Waals surface area contributed by atoms with E-state index in [4.69, 9.17) is 4.74 Å². The number of aliphatic hydroxyl groups is 1. The molecule has 12 heteroatoms. The van der Waals surface area contributed by atoms with Gasteiger partial charge in [0, 0.05) is 11.6 Å². The summed E-state index contributed by atoms with van der Waals surface area (Å²) in [4.78, 5) is 12.2. The third kappa shape index (κ3) is 3.65. The molecule has 3 aromatic heterocycles. The SMILES string of the molecule is OCc1nc2nc(-c3ncccc3C(F)(F)F)ccc2c2c1Oc1cc(C(F)(F)F)ccc1N2. The van der Waals surface area contributed by atoms with Crippen molar-refractivity contribution in [1.29, 1.82) is 0 Å². The van der Waals surface area contributed by atoms with Crippen molar-refractivity contribution in [2.24, 2.45) is 0 Å². The van der Waals surface area contributed by atoms with Crippen LogP contribution in [-0.2, 0) is 19.0 Å². The third-order valence-corrected chi connectivity index (χ3v) is 5.16. The lowest BCUT2D eigenvalue weighted by molar-refractivity contribution is -0.138. The molecular formula is C22H12F6N4O2. The molecule has 0 spiro atoms. The van der Waals surface area contributed by atoms with Gasteiger partial charge in [0.15, 0.2) is 17.1 Å². The summed E-state index contributed by atoms with van der Waals surface area (Å²) in [5.74, 6) is -0.128. The molecule has 174 valence electrons. The van der Waals surface area contributed by atoms with Crippen molar-refractivity contribution >= 4 is 22.4 Å². The van der Waals surface area contributed by atoms with Crippen LogP contribution in [0.4, 0.5) is 37.7 Å². The number of rotatable bonds is 2. The van der Waals surface area contributed by atoms with Crippen LogP contribution in [0.15, 0.2) is 48.7 Å². The second-order valence-corrected chi connectivity index (χ2v) is 7.32. The average molecular weight is 478 g/mol. The molecule has 0 bridgehead atoms. The largest absolute Gasteiger partial charge is 0.451 e. The van der Waals surface area contributed by atoms with Gasteiger partial charge in [0.05, 0.1) is 34.8 Å². The lowest BCUT2D eigenvalue weighted by Crippen LogP contribution is -2.11. The van der Waals surface area contributed by atoms with Gasteiger partial charge in [-0.2, -0.15) is 26.3 Å². The van der Waals surface area contributed by atoms with Crippen LogP contribution in [-0.4, -0.2) is 20.1 Å². The molecule has 0 saturated carbocycles. The van der Waals surface area contributed by atoms with Gasteiger partial charge in [0.2, 0.25) is 0 Å². The highest BCUT2D eigenvalue weighted by atomic mass is 19.4. The fourth-order valence-electron chi connectivity index (χ4n) is 3.62. The summed E-state index contributed by atoms with van der Waals surface area (Å²) in [5.41, 5.74) is -1.95. The van der Waals surface area contributed by atoms with Crippen LogP contribution < -0.4 is 10.1 Å². The highest BCUT2D eigenvalue weighted by Crippen LogP contribution is 2.48. The monoisotopic (exact) mass is 478 g/mol. The van der Waals surface area contributed by atoms with Crippen molar-refractivity contribution in [2.45, 2.75) is 19.0 Å². The molecule has 1 aliphatic rings. The number of halogens is 6. The Labute approximate surface area is 186 Å². The van der Waals surface area contributed by atoms with Crippen molar-refractivity contribution in [1.82, 2.24) is 15.0 Å². The highest BCUT2D eigenvalue weighted by Gasteiger charge is 2.35. The third-order valence-electron chi connectivity index (χ3n) is 5.16. The number of nitrogens with zero attached hydrogens (tertiary/aromatic N) is 3. The van der Waals surface area contributed by atoms with Gasteiger partial charge in [-0.25, -0.2) is 9.97 Å². The standard InChI is InChI=1S/C22H12F6N4O2/c23-21(24,25)10-3-5-13-16(8-10)34-19-15(9-33)32-20-11(17(19)30-13)4-6-14(31-20)18-12(22(26,27)28)2-1-7-29-18/h1-8,30,33H,9H2. The van der Waals surface area contributed by atoms with Crippen molar-refractivity contribution in [3.8, 4) is 22.9 Å². The fraction of sp³-hybridized carbons (Fsp3) is 0.136. The van der Waals surface area contributed by atoms with Crippen LogP contribution in [0.25, 0.3) is 22.4 Å². The van der Waals surface area contributed by atoms with E-state index in [2.05, 4.69) is 20.3 Å². The number of fused-ring (bicyclic) bond motifs is 4. The molecule has 0 atom stereocenters. The Hall–Kier alpha value is -3.93. The van der Waals surface area contributed by atoms with Crippen LogP contribution >= 0.6 is 0 Å². The van der Waals surface area contributed by atoms with Crippen molar-refractivity contribution < 1.29 is 36.2 Å². The number of aromatic nitrogens is 3. The predicted molar refractivity (Wildman–Crippen MR) is 108 cm³/mol. The summed E-state index contributed by atoms with van der Waals surface area (Å²) in [5, 5.41) is 13.1. The topological polar surface area (TPSA) is 80.2 Å². The number of ether oxygens (including phenoxy) is 1. The number of alkyl halides is 6. The molecule has 0 aliphatic carbocycles. The lowest BCUT2D eigenvalue weighted by Gasteiger charge is -2.25. The summed E-state index contributed by atoms with van der Waals surface area (Å²) < 4.78 is 85.1. The van der Waals surface area contributed by atoms with E-state index in [0.717, 1.165) is 24.3 Å². The number of pyridine rings is 3. The Balaban J connectivity index is 1.64. The maximum Gasteiger partial charge on any atom is 0.418 e. The van der Waals surface area contributed by atoms with Crippen LogP contribution in [0.3, 0.4) is 0 Å².